The third-order valence-corrected chi connectivity index (χ3v) is 6.03. The Labute approximate surface area is 178 Å². The van der Waals surface area contributed by atoms with Crippen LogP contribution in [0.5, 0.6) is 0 Å². The van der Waals surface area contributed by atoms with Gasteiger partial charge in [-0.1, -0.05) is 0 Å². The van der Waals surface area contributed by atoms with E-state index in [9.17, 15) is 29.8 Å². The fourth-order valence-electron chi connectivity index (χ4n) is 3.48. The predicted octanol–water partition coefficient (Wildman–Crippen LogP) is 3.85. The molecule has 0 saturated carbocycles. The van der Waals surface area contributed by atoms with Crippen LogP contribution in [0.2, 0.25) is 0 Å². The third kappa shape index (κ3) is 4.08. The molecule has 3 aromatic rings. The second-order valence-corrected chi connectivity index (χ2v) is 7.97. The number of nitrogens with zero attached hydrogens (tertiary/aromatic N) is 3. The first-order valence-electron chi connectivity index (χ1n) is 9.26. The topological polar surface area (TPSA) is 133 Å². The van der Waals surface area contributed by atoms with Crippen LogP contribution in [0.25, 0.3) is 10.1 Å². The van der Waals surface area contributed by atoms with Crippen LogP contribution in [0.3, 0.4) is 0 Å². The van der Waals surface area contributed by atoms with Gasteiger partial charge in [0.2, 0.25) is 0 Å². The van der Waals surface area contributed by atoms with Gasteiger partial charge in [0.25, 0.3) is 17.3 Å². The smallest absolute Gasteiger partial charge is 0.348 e. The predicted molar refractivity (Wildman–Crippen MR) is 113 cm³/mol. The molecule has 0 aliphatic carbocycles. The zero-order valence-electron chi connectivity index (χ0n) is 16.0. The summed E-state index contributed by atoms with van der Waals surface area (Å²) < 4.78 is 5.86. The maximum absolute atomic E-state index is 12.7. The lowest BCUT2D eigenvalue weighted by molar-refractivity contribution is -0.385. The number of aryl methyl sites for hydroxylation is 1. The lowest BCUT2D eigenvalue weighted by Crippen LogP contribution is -2.38. The molecule has 2 aromatic carbocycles. The van der Waals surface area contributed by atoms with Crippen LogP contribution in [0, 0.1) is 20.2 Å². The van der Waals surface area contributed by atoms with Crippen LogP contribution in [-0.2, 0) is 16.0 Å². The summed E-state index contributed by atoms with van der Waals surface area (Å²) in [4.78, 5) is 47.6. The summed E-state index contributed by atoms with van der Waals surface area (Å²) in [5.41, 5.74) is 1.16. The molecule has 158 valence electrons. The highest BCUT2D eigenvalue weighted by Crippen LogP contribution is 2.31. The monoisotopic (exact) mass is 441 g/mol. The summed E-state index contributed by atoms with van der Waals surface area (Å²) in [5.74, 6) is -1.13. The molecule has 4 rings (SSSR count). The minimum absolute atomic E-state index is 0.0375. The van der Waals surface area contributed by atoms with Crippen molar-refractivity contribution < 1.29 is 24.2 Å². The molecule has 31 heavy (non-hydrogen) atoms. The Morgan fingerprint density at radius 3 is 2.48 bits per heavy atom. The lowest BCUT2D eigenvalue weighted by atomic mass is 10.0. The summed E-state index contributed by atoms with van der Waals surface area (Å²) >= 11 is 1.12. The van der Waals surface area contributed by atoms with Gasteiger partial charge in [-0.2, -0.15) is 0 Å². The second kappa shape index (κ2) is 8.11. The van der Waals surface area contributed by atoms with E-state index in [1.165, 1.54) is 41.3 Å². The van der Waals surface area contributed by atoms with Crippen molar-refractivity contribution in [3.63, 3.8) is 0 Å². The Balaban J connectivity index is 1.46. The number of esters is 1. The van der Waals surface area contributed by atoms with Crippen molar-refractivity contribution >= 4 is 50.4 Å². The average Bonchev–Trinajstić information content (AvgIpc) is 3.19. The van der Waals surface area contributed by atoms with Crippen molar-refractivity contribution in [3.8, 4) is 0 Å². The number of non-ortho nitro benzene ring substituents is 2. The van der Waals surface area contributed by atoms with Crippen LogP contribution in [0.15, 0.2) is 42.5 Å². The standard InChI is InChI=1S/C20H15N3O7S/c24-19(21-7-1-2-12-8-14(22(26)27)3-5-16(12)21)11-30-20(25)18-10-13-9-15(23(28)29)4-6-17(13)31-18/h3-6,8-10H,1-2,7,11H2. The Hall–Kier alpha value is -3.86. The van der Waals surface area contributed by atoms with Gasteiger partial charge in [0, 0.05) is 46.6 Å². The van der Waals surface area contributed by atoms with E-state index in [2.05, 4.69) is 0 Å². The summed E-state index contributed by atoms with van der Waals surface area (Å²) in [6.07, 6.45) is 1.26. The second-order valence-electron chi connectivity index (χ2n) is 6.89. The Kier molecular flexibility index (Phi) is 5.34. The number of benzene rings is 2. The number of nitro benzene ring substituents is 2. The number of anilines is 1. The maximum Gasteiger partial charge on any atom is 0.348 e. The number of hydrogen-bond acceptors (Lipinski definition) is 8. The van der Waals surface area contributed by atoms with Crippen molar-refractivity contribution in [2.75, 3.05) is 18.1 Å². The highest BCUT2D eigenvalue weighted by atomic mass is 32.1. The number of thiophene rings is 1. The zero-order valence-corrected chi connectivity index (χ0v) is 16.8. The Bertz CT molecular complexity index is 1240. The van der Waals surface area contributed by atoms with E-state index in [0.717, 1.165) is 11.3 Å². The van der Waals surface area contributed by atoms with E-state index in [1.807, 2.05) is 0 Å². The molecule has 0 radical (unpaired) electrons. The van der Waals surface area contributed by atoms with Crippen LogP contribution < -0.4 is 4.90 Å². The molecular weight excluding hydrogens is 426 g/mol. The molecule has 0 fully saturated rings. The lowest BCUT2D eigenvalue weighted by Gasteiger charge is -2.29. The number of rotatable bonds is 5. The summed E-state index contributed by atoms with van der Waals surface area (Å²) in [5, 5.41) is 22.4. The molecule has 1 aromatic heterocycles. The molecule has 0 saturated heterocycles. The van der Waals surface area contributed by atoms with Crippen molar-refractivity contribution in [1.82, 2.24) is 0 Å². The molecule has 2 heterocycles. The highest BCUT2D eigenvalue weighted by Gasteiger charge is 2.25. The van der Waals surface area contributed by atoms with Crippen LogP contribution in [0.4, 0.5) is 17.1 Å². The van der Waals surface area contributed by atoms with Gasteiger partial charge in [0.1, 0.15) is 4.88 Å². The van der Waals surface area contributed by atoms with Gasteiger partial charge in [-0.25, -0.2) is 4.79 Å². The first kappa shape index (κ1) is 20.4. The number of ether oxygens (including phenoxy) is 1. The number of fused-ring (bicyclic) bond motifs is 2. The Morgan fingerprint density at radius 1 is 1.03 bits per heavy atom. The van der Waals surface area contributed by atoms with Gasteiger partial charge in [-0.3, -0.25) is 25.0 Å². The van der Waals surface area contributed by atoms with Gasteiger partial charge in [0.15, 0.2) is 6.61 Å². The van der Waals surface area contributed by atoms with E-state index in [0.29, 0.717) is 40.7 Å². The van der Waals surface area contributed by atoms with Crippen molar-refractivity contribution in [3.05, 3.63) is 73.1 Å². The third-order valence-electron chi connectivity index (χ3n) is 4.93. The number of carbonyl (C=O) groups is 2. The van der Waals surface area contributed by atoms with Crippen LogP contribution in [0.1, 0.15) is 21.7 Å². The molecule has 0 bridgehead atoms. The van der Waals surface area contributed by atoms with Crippen LogP contribution >= 0.6 is 11.3 Å². The number of hydrogen-bond donors (Lipinski definition) is 0. The molecular formula is C20H15N3O7S. The van der Waals surface area contributed by atoms with Gasteiger partial charge in [-0.05, 0) is 36.6 Å². The molecule has 0 unspecified atom stereocenters. The zero-order chi connectivity index (χ0) is 22.1. The van der Waals surface area contributed by atoms with Crippen molar-refractivity contribution in [1.29, 1.82) is 0 Å². The number of nitro groups is 2. The van der Waals surface area contributed by atoms with E-state index in [4.69, 9.17) is 4.74 Å². The molecule has 11 heteroatoms. The SMILES string of the molecule is O=C(OCC(=O)N1CCCc2cc([N+](=O)[O-])ccc21)c1cc2cc([N+](=O)[O-])ccc2s1. The molecule has 10 nitrogen and oxygen atoms in total. The highest BCUT2D eigenvalue weighted by molar-refractivity contribution is 7.20. The average molecular weight is 441 g/mol. The largest absolute Gasteiger partial charge is 0.451 e. The van der Waals surface area contributed by atoms with E-state index in [-0.39, 0.29) is 16.3 Å². The fraction of sp³-hybridized carbons (Fsp3) is 0.200. The normalized spacial score (nSPS) is 13.0. The van der Waals surface area contributed by atoms with Gasteiger partial charge >= 0.3 is 5.97 Å². The molecule has 1 aliphatic rings. The van der Waals surface area contributed by atoms with E-state index in [1.54, 1.807) is 6.07 Å². The summed E-state index contributed by atoms with van der Waals surface area (Å²) in [6, 6.07) is 10.1. The molecule has 0 spiro atoms. The number of amides is 1. The minimum Gasteiger partial charge on any atom is -0.451 e. The molecule has 1 aliphatic heterocycles. The molecule has 1 amide bonds. The first-order chi connectivity index (χ1) is 14.8. The van der Waals surface area contributed by atoms with Gasteiger partial charge in [0.05, 0.1) is 9.85 Å². The van der Waals surface area contributed by atoms with Crippen molar-refractivity contribution in [2.24, 2.45) is 0 Å². The minimum atomic E-state index is -0.696. The van der Waals surface area contributed by atoms with Crippen LogP contribution in [-0.4, -0.2) is 34.9 Å². The summed E-state index contributed by atoms with van der Waals surface area (Å²) in [6.45, 7) is -0.0581. The maximum atomic E-state index is 12.7. The van der Waals surface area contributed by atoms with E-state index >= 15 is 0 Å². The summed E-state index contributed by atoms with van der Waals surface area (Å²) in [7, 11) is 0. The van der Waals surface area contributed by atoms with Crippen molar-refractivity contribution in [2.45, 2.75) is 12.8 Å². The van der Waals surface area contributed by atoms with E-state index < -0.39 is 28.3 Å². The number of carbonyl (C=O) groups excluding carboxylic acids is 2. The van der Waals surface area contributed by atoms with Gasteiger partial charge < -0.3 is 9.64 Å². The molecule has 0 atom stereocenters. The quantitative estimate of drug-likeness (QED) is 0.333. The Morgan fingerprint density at radius 2 is 1.74 bits per heavy atom. The van der Waals surface area contributed by atoms with Gasteiger partial charge in [-0.15, -0.1) is 11.3 Å². The first-order valence-corrected chi connectivity index (χ1v) is 10.1. The fourth-order valence-corrected chi connectivity index (χ4v) is 4.41. The molecule has 0 N–H and O–H groups in total.